The number of urea groups is 1. The molecule has 0 bridgehead atoms. The molecule has 4 rings (SSSR count). The molecule has 1 fully saturated rings. The van der Waals surface area contributed by atoms with E-state index >= 15 is 0 Å². The van der Waals surface area contributed by atoms with E-state index < -0.39 is 0 Å². The van der Waals surface area contributed by atoms with Crippen molar-refractivity contribution in [3.63, 3.8) is 0 Å². The third-order valence-electron chi connectivity index (χ3n) is 5.84. The van der Waals surface area contributed by atoms with E-state index in [-0.39, 0.29) is 11.8 Å². The zero-order valence-corrected chi connectivity index (χ0v) is 18.4. The fourth-order valence-corrected chi connectivity index (χ4v) is 4.10. The maximum atomic E-state index is 13.0. The summed E-state index contributed by atoms with van der Waals surface area (Å²) < 4.78 is 13.0. The van der Waals surface area contributed by atoms with Crippen LogP contribution in [-0.2, 0) is 0 Å². The lowest BCUT2D eigenvalue weighted by Crippen LogP contribution is -2.36. The SMILES string of the molecule is CN(C)c1nc(NC2CCC(CNC(=O)Nc3ccc(F)cc3)CC2)nc2ccccc12. The number of aromatic nitrogens is 2. The maximum absolute atomic E-state index is 13.0. The normalized spacial score (nSPS) is 18.2. The molecular weight excluding hydrogens is 407 g/mol. The Morgan fingerprint density at radius 1 is 1.03 bits per heavy atom. The minimum absolute atomic E-state index is 0.266. The summed E-state index contributed by atoms with van der Waals surface area (Å²) >= 11 is 0. The van der Waals surface area contributed by atoms with Gasteiger partial charge in [-0.2, -0.15) is 4.98 Å². The Bertz CT molecular complexity index is 1060. The molecular formula is C24H29FN6O. The summed E-state index contributed by atoms with van der Waals surface area (Å²) in [6, 6.07) is 13.8. The first-order valence-electron chi connectivity index (χ1n) is 11.0. The number of carbonyl (C=O) groups excluding carboxylic acids is 1. The molecule has 0 atom stereocenters. The van der Waals surface area contributed by atoms with Crippen LogP contribution in [-0.4, -0.2) is 42.7 Å². The molecule has 1 aliphatic carbocycles. The van der Waals surface area contributed by atoms with E-state index in [2.05, 4.69) is 16.0 Å². The molecule has 0 unspecified atom stereocenters. The van der Waals surface area contributed by atoms with Crippen LogP contribution in [0, 0.1) is 11.7 Å². The van der Waals surface area contributed by atoms with Gasteiger partial charge in [-0.05, 0) is 68.0 Å². The number of carbonyl (C=O) groups is 1. The highest BCUT2D eigenvalue weighted by molar-refractivity contribution is 5.90. The van der Waals surface area contributed by atoms with Crippen molar-refractivity contribution in [1.29, 1.82) is 0 Å². The van der Waals surface area contributed by atoms with Crippen molar-refractivity contribution in [1.82, 2.24) is 15.3 Å². The third-order valence-corrected chi connectivity index (χ3v) is 5.84. The second kappa shape index (κ2) is 9.80. The number of para-hydroxylation sites is 1. The summed E-state index contributed by atoms with van der Waals surface area (Å²) in [6.07, 6.45) is 4.03. The van der Waals surface area contributed by atoms with Gasteiger partial charge in [-0.3, -0.25) is 0 Å². The first-order valence-corrected chi connectivity index (χ1v) is 11.0. The molecule has 3 aromatic rings. The Morgan fingerprint density at radius 2 is 1.75 bits per heavy atom. The number of benzene rings is 2. The van der Waals surface area contributed by atoms with Crippen LogP contribution in [0.15, 0.2) is 48.5 Å². The van der Waals surface area contributed by atoms with Crippen LogP contribution >= 0.6 is 0 Å². The Hall–Kier alpha value is -3.42. The van der Waals surface area contributed by atoms with Gasteiger partial charge in [0.15, 0.2) is 0 Å². The van der Waals surface area contributed by atoms with E-state index in [0.29, 0.717) is 30.1 Å². The van der Waals surface area contributed by atoms with Crippen molar-refractivity contribution in [2.24, 2.45) is 5.92 Å². The highest BCUT2D eigenvalue weighted by Crippen LogP contribution is 2.28. The first-order chi connectivity index (χ1) is 15.5. The Balaban J connectivity index is 1.27. The minimum Gasteiger partial charge on any atom is -0.362 e. The number of amides is 2. The largest absolute Gasteiger partial charge is 0.362 e. The van der Waals surface area contributed by atoms with Crippen molar-refractivity contribution in [2.45, 2.75) is 31.7 Å². The van der Waals surface area contributed by atoms with E-state index in [1.54, 1.807) is 12.1 Å². The minimum atomic E-state index is -0.326. The maximum Gasteiger partial charge on any atom is 0.319 e. The second-order valence-electron chi connectivity index (χ2n) is 8.49. The first kappa shape index (κ1) is 21.8. The van der Waals surface area contributed by atoms with Gasteiger partial charge >= 0.3 is 6.03 Å². The molecule has 7 nitrogen and oxygen atoms in total. The number of hydrogen-bond donors (Lipinski definition) is 3. The molecule has 2 aromatic carbocycles. The van der Waals surface area contributed by atoms with Crippen LogP contribution in [0.2, 0.25) is 0 Å². The molecule has 1 aliphatic rings. The van der Waals surface area contributed by atoms with E-state index in [0.717, 1.165) is 42.4 Å². The standard InChI is InChI=1S/C24H29FN6O/c1-31(2)22-20-5-3-4-6-21(20)29-23(30-22)27-18-11-7-16(8-12-18)15-26-24(32)28-19-13-9-17(25)10-14-19/h3-6,9-10,13-14,16,18H,7-8,11-12,15H2,1-2H3,(H2,26,28,32)(H,27,29,30). The predicted molar refractivity (Wildman–Crippen MR) is 127 cm³/mol. The van der Waals surface area contributed by atoms with Gasteiger partial charge in [0.05, 0.1) is 5.52 Å². The number of halogens is 1. The number of nitrogens with one attached hydrogen (secondary N) is 3. The van der Waals surface area contributed by atoms with E-state index in [4.69, 9.17) is 9.97 Å². The molecule has 168 valence electrons. The van der Waals surface area contributed by atoms with Gasteiger partial charge in [0.2, 0.25) is 5.95 Å². The van der Waals surface area contributed by atoms with E-state index in [9.17, 15) is 9.18 Å². The molecule has 1 saturated carbocycles. The number of rotatable bonds is 6. The summed E-state index contributed by atoms with van der Waals surface area (Å²) in [5.74, 6) is 1.67. The van der Waals surface area contributed by atoms with Gasteiger partial charge in [-0.15, -0.1) is 0 Å². The van der Waals surface area contributed by atoms with Crippen molar-refractivity contribution in [2.75, 3.05) is 36.2 Å². The average molecular weight is 437 g/mol. The predicted octanol–water partition coefficient (Wildman–Crippen LogP) is 4.63. The van der Waals surface area contributed by atoms with Crippen LogP contribution in [0.25, 0.3) is 10.9 Å². The summed E-state index contributed by atoms with van der Waals surface area (Å²) in [5, 5.41) is 10.2. The Labute approximate surface area is 187 Å². The van der Waals surface area contributed by atoms with Crippen molar-refractivity contribution in [3.8, 4) is 0 Å². The molecule has 8 heteroatoms. The molecule has 1 aromatic heterocycles. The van der Waals surface area contributed by atoms with Crippen LogP contribution in [0.5, 0.6) is 0 Å². The van der Waals surface area contributed by atoms with E-state index in [1.165, 1.54) is 12.1 Å². The lowest BCUT2D eigenvalue weighted by Gasteiger charge is -2.29. The summed E-state index contributed by atoms with van der Waals surface area (Å²) in [5.41, 5.74) is 1.50. The summed E-state index contributed by atoms with van der Waals surface area (Å²) in [7, 11) is 3.98. The van der Waals surface area contributed by atoms with Crippen LogP contribution in [0.3, 0.4) is 0 Å². The second-order valence-corrected chi connectivity index (χ2v) is 8.49. The van der Waals surface area contributed by atoms with E-state index in [1.807, 2.05) is 43.3 Å². The molecule has 0 aliphatic heterocycles. The quantitative estimate of drug-likeness (QED) is 0.525. The average Bonchev–Trinajstić information content (AvgIpc) is 2.79. The lowest BCUT2D eigenvalue weighted by atomic mass is 9.86. The molecule has 32 heavy (non-hydrogen) atoms. The van der Waals surface area contributed by atoms with Gasteiger partial charge in [-0.25, -0.2) is 14.2 Å². The monoisotopic (exact) mass is 436 g/mol. The Morgan fingerprint density at radius 3 is 2.47 bits per heavy atom. The molecule has 3 N–H and O–H groups in total. The number of anilines is 3. The molecule has 0 spiro atoms. The third kappa shape index (κ3) is 5.43. The summed E-state index contributed by atoms with van der Waals surface area (Å²) in [6.45, 7) is 0.622. The topological polar surface area (TPSA) is 82.2 Å². The van der Waals surface area contributed by atoms with Gasteiger partial charge in [0.1, 0.15) is 11.6 Å². The van der Waals surface area contributed by atoms with Crippen molar-refractivity contribution >= 4 is 34.4 Å². The van der Waals surface area contributed by atoms with Crippen LogP contribution < -0.4 is 20.9 Å². The highest BCUT2D eigenvalue weighted by atomic mass is 19.1. The molecule has 0 radical (unpaired) electrons. The highest BCUT2D eigenvalue weighted by Gasteiger charge is 2.22. The number of hydrogen-bond acceptors (Lipinski definition) is 5. The smallest absolute Gasteiger partial charge is 0.319 e. The van der Waals surface area contributed by atoms with Crippen LogP contribution in [0.4, 0.5) is 26.6 Å². The fourth-order valence-electron chi connectivity index (χ4n) is 4.10. The molecule has 1 heterocycles. The molecule has 0 saturated heterocycles. The lowest BCUT2D eigenvalue weighted by molar-refractivity contribution is 0.246. The number of nitrogens with zero attached hydrogens (tertiary/aromatic N) is 3. The van der Waals surface area contributed by atoms with Gasteiger partial charge in [0, 0.05) is 37.8 Å². The van der Waals surface area contributed by atoms with Crippen molar-refractivity contribution in [3.05, 3.63) is 54.3 Å². The fraction of sp³-hybridized carbons (Fsp3) is 0.375. The molecule has 2 amide bonds. The van der Waals surface area contributed by atoms with Gasteiger partial charge < -0.3 is 20.9 Å². The summed E-state index contributed by atoms with van der Waals surface area (Å²) in [4.78, 5) is 23.5. The van der Waals surface area contributed by atoms with Gasteiger partial charge in [0.25, 0.3) is 0 Å². The zero-order valence-electron chi connectivity index (χ0n) is 18.4. The van der Waals surface area contributed by atoms with Crippen molar-refractivity contribution < 1.29 is 9.18 Å². The Kier molecular flexibility index (Phi) is 6.68. The zero-order chi connectivity index (χ0) is 22.5. The van der Waals surface area contributed by atoms with Crippen LogP contribution in [0.1, 0.15) is 25.7 Å². The number of fused-ring (bicyclic) bond motifs is 1. The van der Waals surface area contributed by atoms with Gasteiger partial charge in [-0.1, -0.05) is 12.1 Å².